The highest BCUT2D eigenvalue weighted by atomic mass is 35.5. The van der Waals surface area contributed by atoms with E-state index in [1.54, 1.807) is 48.5 Å². The average Bonchev–Trinajstić information content (AvgIpc) is 3.09. The number of fused-ring (bicyclic) bond motifs is 3. The monoisotopic (exact) mass is 414 g/mol. The minimum absolute atomic E-state index is 0.0189. The summed E-state index contributed by atoms with van der Waals surface area (Å²) in [4.78, 5) is 41.3. The summed E-state index contributed by atoms with van der Waals surface area (Å²) < 4.78 is 11.0. The van der Waals surface area contributed by atoms with Gasteiger partial charge in [0.05, 0.1) is 11.3 Å². The van der Waals surface area contributed by atoms with E-state index in [4.69, 9.17) is 21.1 Å². The zero-order chi connectivity index (χ0) is 20.6. The first-order chi connectivity index (χ1) is 13.9. The second-order valence-corrected chi connectivity index (χ2v) is 7.30. The summed E-state index contributed by atoms with van der Waals surface area (Å²) in [6.07, 6.45) is 0.335. The minimum atomic E-state index is -1.47. The number of amides is 2. The minimum Gasteiger partial charge on any atom is -0.490 e. The third kappa shape index (κ3) is 3.11. The summed E-state index contributed by atoms with van der Waals surface area (Å²) in [7, 11) is 1.52. The van der Waals surface area contributed by atoms with E-state index in [2.05, 4.69) is 0 Å². The molecule has 0 saturated carbocycles. The Hall–Kier alpha value is -3.06. The van der Waals surface area contributed by atoms with E-state index in [0.717, 1.165) is 0 Å². The summed E-state index contributed by atoms with van der Waals surface area (Å²) >= 11 is 5.84. The van der Waals surface area contributed by atoms with E-state index >= 15 is 0 Å². The van der Waals surface area contributed by atoms with Gasteiger partial charge in [-0.05, 0) is 36.4 Å². The van der Waals surface area contributed by atoms with Crippen LogP contribution in [0.5, 0.6) is 5.75 Å². The molecule has 29 heavy (non-hydrogen) atoms. The maximum absolute atomic E-state index is 13.1. The Labute approximate surface area is 172 Å². The summed E-state index contributed by atoms with van der Waals surface area (Å²) in [5, 5.41) is 0.596. The number of anilines is 1. The summed E-state index contributed by atoms with van der Waals surface area (Å²) in [6.45, 7) is 0.112. The first kappa shape index (κ1) is 19.3. The van der Waals surface area contributed by atoms with Gasteiger partial charge in [-0.1, -0.05) is 23.7 Å². The van der Waals surface area contributed by atoms with Crippen LogP contribution in [-0.4, -0.2) is 48.6 Å². The smallest absolute Gasteiger partial charge is 0.353 e. The second kappa shape index (κ2) is 7.40. The Morgan fingerprint density at radius 2 is 1.83 bits per heavy atom. The van der Waals surface area contributed by atoms with Crippen LogP contribution in [-0.2, 0) is 14.3 Å². The lowest BCUT2D eigenvalue weighted by atomic mass is 9.97. The lowest BCUT2D eigenvalue weighted by Gasteiger charge is -2.46. The maximum atomic E-state index is 13.1. The van der Waals surface area contributed by atoms with Gasteiger partial charge in [0.1, 0.15) is 19.0 Å². The molecule has 150 valence electrons. The number of para-hydroxylation sites is 1. The summed E-state index contributed by atoms with van der Waals surface area (Å²) in [5.74, 6) is -0.583. The van der Waals surface area contributed by atoms with Crippen LogP contribution in [0.25, 0.3) is 0 Å². The van der Waals surface area contributed by atoms with Gasteiger partial charge in [-0.3, -0.25) is 14.5 Å². The van der Waals surface area contributed by atoms with Gasteiger partial charge >= 0.3 is 5.97 Å². The lowest BCUT2D eigenvalue weighted by Crippen LogP contribution is -2.67. The Kier molecular flexibility index (Phi) is 4.92. The molecule has 0 N–H and O–H groups in total. The number of carbonyl (C=O) groups is 3. The van der Waals surface area contributed by atoms with Crippen molar-refractivity contribution in [1.82, 2.24) is 4.90 Å². The molecule has 0 bridgehead atoms. The fraction of sp³-hybridized carbons (Fsp3) is 0.286. The Morgan fingerprint density at radius 3 is 2.59 bits per heavy atom. The van der Waals surface area contributed by atoms with Gasteiger partial charge in [-0.25, -0.2) is 4.79 Å². The van der Waals surface area contributed by atoms with E-state index in [0.29, 0.717) is 22.0 Å². The highest BCUT2D eigenvalue weighted by molar-refractivity contribution is 6.30. The molecular formula is C21H19ClN2O5. The van der Waals surface area contributed by atoms with Crippen molar-refractivity contribution in [3.63, 3.8) is 0 Å². The number of likely N-dealkylation sites (N-methyl/N-ethyl adjacent to an activating group) is 1. The van der Waals surface area contributed by atoms with Gasteiger partial charge in [0.15, 0.2) is 0 Å². The maximum Gasteiger partial charge on any atom is 0.353 e. The van der Waals surface area contributed by atoms with Crippen LogP contribution >= 0.6 is 11.6 Å². The van der Waals surface area contributed by atoms with Crippen LogP contribution in [0, 0.1) is 0 Å². The average molecular weight is 415 g/mol. The van der Waals surface area contributed by atoms with Crippen LogP contribution in [0.4, 0.5) is 5.69 Å². The number of carbonyl (C=O) groups excluding carboxylic acids is 3. The molecule has 8 heteroatoms. The molecule has 0 unspecified atom stereocenters. The van der Waals surface area contributed by atoms with Crippen molar-refractivity contribution in [3.05, 3.63) is 59.1 Å². The molecule has 2 aliphatic rings. The number of hydrogen-bond donors (Lipinski definition) is 0. The number of esters is 1. The van der Waals surface area contributed by atoms with E-state index in [-0.39, 0.29) is 37.9 Å². The molecule has 1 fully saturated rings. The molecule has 0 spiro atoms. The molecule has 2 aliphatic heterocycles. The molecule has 2 heterocycles. The third-order valence-electron chi connectivity index (χ3n) is 5.27. The molecule has 2 aromatic carbocycles. The topological polar surface area (TPSA) is 76.2 Å². The Bertz CT molecular complexity index is 977. The van der Waals surface area contributed by atoms with Gasteiger partial charge in [0, 0.05) is 24.9 Å². The first-order valence-corrected chi connectivity index (χ1v) is 9.59. The lowest BCUT2D eigenvalue weighted by molar-refractivity contribution is -0.157. The predicted molar refractivity (Wildman–Crippen MR) is 106 cm³/mol. The molecule has 0 aromatic heterocycles. The van der Waals surface area contributed by atoms with Crippen molar-refractivity contribution in [2.24, 2.45) is 0 Å². The standard InChI is InChI=1S/C21H19ClN2O5/c1-23-19(26)16-4-2-3-5-17(16)24-18(25)10-11-21(23,24)20(27)29-13-12-28-15-8-6-14(22)7-9-15/h2-9H,10-13H2,1H3/t21-/m0/s1. The Balaban J connectivity index is 1.51. The molecular weight excluding hydrogens is 396 g/mol. The van der Waals surface area contributed by atoms with E-state index < -0.39 is 11.6 Å². The normalized spacial score (nSPS) is 20.3. The highest BCUT2D eigenvalue weighted by Crippen LogP contribution is 2.44. The highest BCUT2D eigenvalue weighted by Gasteiger charge is 2.60. The van der Waals surface area contributed by atoms with Gasteiger partial charge in [0.25, 0.3) is 5.91 Å². The third-order valence-corrected chi connectivity index (χ3v) is 5.52. The quantitative estimate of drug-likeness (QED) is 0.555. The van der Waals surface area contributed by atoms with Crippen LogP contribution in [0.1, 0.15) is 23.2 Å². The van der Waals surface area contributed by atoms with Crippen molar-refractivity contribution in [1.29, 1.82) is 0 Å². The van der Waals surface area contributed by atoms with E-state index in [1.807, 2.05) is 0 Å². The molecule has 0 aliphatic carbocycles. The molecule has 1 atom stereocenters. The predicted octanol–water partition coefficient (Wildman–Crippen LogP) is 2.87. The number of benzene rings is 2. The number of hydrogen-bond acceptors (Lipinski definition) is 5. The number of nitrogens with zero attached hydrogens (tertiary/aromatic N) is 2. The summed E-state index contributed by atoms with van der Waals surface area (Å²) in [5.41, 5.74) is -0.643. The fourth-order valence-corrected chi connectivity index (χ4v) is 3.96. The molecule has 2 aromatic rings. The van der Waals surface area contributed by atoms with Crippen molar-refractivity contribution >= 4 is 35.1 Å². The zero-order valence-electron chi connectivity index (χ0n) is 15.8. The SMILES string of the molecule is CN1C(=O)c2ccccc2N2C(=O)CC[C@]12C(=O)OCCOc1ccc(Cl)cc1. The number of rotatable bonds is 5. The van der Waals surface area contributed by atoms with Crippen LogP contribution in [0.3, 0.4) is 0 Å². The molecule has 0 radical (unpaired) electrons. The Morgan fingerprint density at radius 1 is 1.10 bits per heavy atom. The number of halogens is 1. The van der Waals surface area contributed by atoms with Crippen LogP contribution in [0.15, 0.2) is 48.5 Å². The number of ether oxygens (including phenoxy) is 2. The van der Waals surface area contributed by atoms with Gasteiger partial charge in [-0.2, -0.15) is 0 Å². The fourth-order valence-electron chi connectivity index (χ4n) is 3.83. The van der Waals surface area contributed by atoms with Crippen molar-refractivity contribution in [3.8, 4) is 5.75 Å². The van der Waals surface area contributed by atoms with E-state index in [9.17, 15) is 14.4 Å². The van der Waals surface area contributed by atoms with Gasteiger partial charge in [0.2, 0.25) is 11.6 Å². The van der Waals surface area contributed by atoms with Crippen LogP contribution in [0.2, 0.25) is 5.02 Å². The van der Waals surface area contributed by atoms with Crippen molar-refractivity contribution < 1.29 is 23.9 Å². The first-order valence-electron chi connectivity index (χ1n) is 9.21. The second-order valence-electron chi connectivity index (χ2n) is 6.87. The molecule has 2 amide bonds. The molecule has 1 saturated heterocycles. The van der Waals surface area contributed by atoms with Crippen LogP contribution < -0.4 is 9.64 Å². The molecule has 7 nitrogen and oxygen atoms in total. The largest absolute Gasteiger partial charge is 0.490 e. The van der Waals surface area contributed by atoms with Crippen molar-refractivity contribution in [2.75, 3.05) is 25.2 Å². The van der Waals surface area contributed by atoms with Crippen molar-refractivity contribution in [2.45, 2.75) is 18.5 Å². The van der Waals surface area contributed by atoms with Gasteiger partial charge < -0.3 is 14.4 Å². The zero-order valence-corrected chi connectivity index (χ0v) is 16.5. The molecule has 4 rings (SSSR count). The summed E-state index contributed by atoms with van der Waals surface area (Å²) in [6, 6.07) is 13.6. The van der Waals surface area contributed by atoms with Gasteiger partial charge in [-0.15, -0.1) is 0 Å². The van der Waals surface area contributed by atoms with E-state index in [1.165, 1.54) is 16.8 Å².